The third-order valence-corrected chi connectivity index (χ3v) is 6.52. The SMILES string of the molecule is CC(C)=CCCN1CC2C(C1)C2NC(=O)C1c2ccccc2Oc2ccccc21. The second-order valence-electron chi connectivity index (χ2n) is 8.80. The van der Waals surface area contributed by atoms with Crippen LogP contribution in [-0.2, 0) is 4.79 Å². The van der Waals surface area contributed by atoms with Crippen LogP contribution >= 0.6 is 0 Å². The molecule has 2 unspecified atom stereocenters. The molecule has 5 rings (SSSR count). The Hall–Kier alpha value is -2.59. The first-order valence-corrected chi connectivity index (χ1v) is 10.6. The monoisotopic (exact) mass is 388 g/mol. The largest absolute Gasteiger partial charge is 0.457 e. The van der Waals surface area contributed by atoms with Gasteiger partial charge in [-0.2, -0.15) is 0 Å². The van der Waals surface area contributed by atoms with Crippen molar-refractivity contribution in [2.75, 3.05) is 19.6 Å². The van der Waals surface area contributed by atoms with Crippen LogP contribution in [0.15, 0.2) is 60.2 Å². The van der Waals surface area contributed by atoms with Crippen LogP contribution in [0.4, 0.5) is 0 Å². The van der Waals surface area contributed by atoms with Gasteiger partial charge in [-0.15, -0.1) is 0 Å². The lowest BCUT2D eigenvalue weighted by molar-refractivity contribution is -0.122. The molecule has 1 aliphatic carbocycles. The highest BCUT2D eigenvalue weighted by Crippen LogP contribution is 2.48. The van der Waals surface area contributed by atoms with Crippen LogP contribution < -0.4 is 10.1 Å². The number of allylic oxidation sites excluding steroid dienone is 1. The zero-order valence-corrected chi connectivity index (χ0v) is 17.1. The molecule has 0 spiro atoms. The normalized spacial score (nSPS) is 24.7. The zero-order valence-electron chi connectivity index (χ0n) is 17.1. The molecule has 1 saturated carbocycles. The van der Waals surface area contributed by atoms with Crippen LogP contribution in [0.2, 0.25) is 0 Å². The minimum atomic E-state index is -0.300. The first kappa shape index (κ1) is 18.4. The van der Waals surface area contributed by atoms with Gasteiger partial charge in [0.15, 0.2) is 0 Å². The number of hydrogen-bond donors (Lipinski definition) is 1. The topological polar surface area (TPSA) is 41.6 Å². The molecule has 4 heteroatoms. The van der Waals surface area contributed by atoms with E-state index in [9.17, 15) is 4.79 Å². The molecule has 0 bridgehead atoms. The Balaban J connectivity index is 1.26. The summed E-state index contributed by atoms with van der Waals surface area (Å²) in [5.41, 5.74) is 3.30. The first-order chi connectivity index (χ1) is 14.1. The van der Waals surface area contributed by atoms with E-state index < -0.39 is 0 Å². The average Bonchev–Trinajstić information content (AvgIpc) is 3.15. The lowest BCUT2D eigenvalue weighted by atomic mass is 9.87. The summed E-state index contributed by atoms with van der Waals surface area (Å²) in [6.07, 6.45) is 3.43. The number of nitrogens with one attached hydrogen (secondary N) is 1. The minimum absolute atomic E-state index is 0.101. The molecule has 2 fully saturated rings. The van der Waals surface area contributed by atoms with Crippen molar-refractivity contribution < 1.29 is 9.53 Å². The number of para-hydroxylation sites is 2. The van der Waals surface area contributed by atoms with Crippen LogP contribution in [0.3, 0.4) is 0 Å². The van der Waals surface area contributed by atoms with Crippen molar-refractivity contribution in [1.29, 1.82) is 0 Å². The smallest absolute Gasteiger partial charge is 0.232 e. The van der Waals surface area contributed by atoms with Crippen molar-refractivity contribution in [2.45, 2.75) is 32.2 Å². The summed E-state index contributed by atoms with van der Waals surface area (Å²) in [6.45, 7) is 7.64. The summed E-state index contributed by atoms with van der Waals surface area (Å²) in [4.78, 5) is 15.9. The maximum absolute atomic E-state index is 13.3. The highest BCUT2D eigenvalue weighted by molar-refractivity contribution is 5.90. The van der Waals surface area contributed by atoms with Gasteiger partial charge in [0, 0.05) is 36.8 Å². The molecule has 0 radical (unpaired) electrons. The lowest BCUT2D eigenvalue weighted by Gasteiger charge is -2.28. The van der Waals surface area contributed by atoms with E-state index in [1.807, 2.05) is 48.5 Å². The lowest BCUT2D eigenvalue weighted by Crippen LogP contribution is -2.38. The molecule has 2 heterocycles. The Morgan fingerprint density at radius 2 is 1.62 bits per heavy atom. The Labute approximate surface area is 172 Å². The van der Waals surface area contributed by atoms with E-state index in [1.54, 1.807) is 0 Å². The van der Waals surface area contributed by atoms with Gasteiger partial charge in [0.2, 0.25) is 5.91 Å². The Morgan fingerprint density at radius 3 is 2.21 bits per heavy atom. The summed E-state index contributed by atoms with van der Waals surface area (Å²) in [5, 5.41) is 3.37. The fraction of sp³-hybridized carbons (Fsp3) is 0.400. The molecule has 3 aliphatic rings. The van der Waals surface area contributed by atoms with Gasteiger partial charge >= 0.3 is 0 Å². The number of nitrogens with zero attached hydrogens (tertiary/aromatic N) is 1. The maximum atomic E-state index is 13.3. The molecule has 1 N–H and O–H groups in total. The molecule has 4 nitrogen and oxygen atoms in total. The van der Waals surface area contributed by atoms with Crippen molar-refractivity contribution in [2.24, 2.45) is 11.8 Å². The molecule has 2 aromatic rings. The molecular formula is C25H28N2O2. The number of benzene rings is 2. The van der Waals surface area contributed by atoms with Crippen molar-refractivity contribution in [3.05, 3.63) is 71.3 Å². The van der Waals surface area contributed by atoms with E-state index in [-0.39, 0.29) is 11.8 Å². The van der Waals surface area contributed by atoms with E-state index in [0.29, 0.717) is 17.9 Å². The van der Waals surface area contributed by atoms with E-state index in [1.165, 1.54) is 5.57 Å². The molecule has 150 valence electrons. The van der Waals surface area contributed by atoms with E-state index >= 15 is 0 Å². The number of piperidine rings is 1. The number of hydrogen-bond acceptors (Lipinski definition) is 3. The Bertz CT molecular complexity index is 905. The predicted octanol–water partition coefficient (Wildman–Crippen LogP) is 4.33. The van der Waals surface area contributed by atoms with Crippen LogP contribution in [-0.4, -0.2) is 36.5 Å². The van der Waals surface area contributed by atoms with Crippen LogP contribution in [0, 0.1) is 11.8 Å². The summed E-state index contributed by atoms with van der Waals surface area (Å²) in [7, 11) is 0. The molecular weight excluding hydrogens is 360 g/mol. The third kappa shape index (κ3) is 3.46. The molecule has 1 saturated heterocycles. The van der Waals surface area contributed by atoms with E-state index in [4.69, 9.17) is 4.74 Å². The molecule has 2 atom stereocenters. The van der Waals surface area contributed by atoms with Gasteiger partial charge in [-0.05, 0) is 44.2 Å². The maximum Gasteiger partial charge on any atom is 0.232 e. The predicted molar refractivity (Wildman–Crippen MR) is 114 cm³/mol. The van der Waals surface area contributed by atoms with Crippen LogP contribution in [0.25, 0.3) is 0 Å². The number of fused-ring (bicyclic) bond motifs is 3. The first-order valence-electron chi connectivity index (χ1n) is 10.6. The number of carbonyl (C=O) groups excluding carboxylic acids is 1. The Kier molecular flexibility index (Phi) is 4.67. The van der Waals surface area contributed by atoms with Gasteiger partial charge in [-0.3, -0.25) is 4.79 Å². The molecule has 1 amide bonds. The number of amides is 1. The van der Waals surface area contributed by atoms with Gasteiger partial charge in [0.05, 0.1) is 5.92 Å². The Morgan fingerprint density at radius 1 is 1.03 bits per heavy atom. The van der Waals surface area contributed by atoms with Crippen molar-refractivity contribution >= 4 is 5.91 Å². The zero-order chi connectivity index (χ0) is 20.0. The highest BCUT2D eigenvalue weighted by Gasteiger charge is 2.56. The second-order valence-corrected chi connectivity index (χ2v) is 8.80. The van der Waals surface area contributed by atoms with Crippen LogP contribution in [0.5, 0.6) is 11.5 Å². The molecule has 29 heavy (non-hydrogen) atoms. The molecule has 0 aromatic heterocycles. The summed E-state index contributed by atoms with van der Waals surface area (Å²) >= 11 is 0. The van der Waals surface area contributed by atoms with E-state index in [2.05, 4.69) is 30.1 Å². The standard InChI is InChI=1S/C25H28N2O2/c1-16(2)8-7-13-27-14-19-20(15-27)24(19)26-25(28)23-17-9-3-5-11-21(17)29-22-12-6-4-10-18(22)23/h3-6,8-12,19-20,23-24H,7,13-15H2,1-2H3,(H,26,28). The number of ether oxygens (including phenoxy) is 1. The van der Waals surface area contributed by atoms with Gasteiger partial charge in [-0.25, -0.2) is 0 Å². The fourth-order valence-electron chi connectivity index (χ4n) is 4.99. The minimum Gasteiger partial charge on any atom is -0.457 e. The van der Waals surface area contributed by atoms with Gasteiger partial charge in [-0.1, -0.05) is 48.0 Å². The van der Waals surface area contributed by atoms with Crippen molar-refractivity contribution in [3.63, 3.8) is 0 Å². The summed E-state index contributed by atoms with van der Waals surface area (Å²) < 4.78 is 6.03. The number of likely N-dealkylation sites (tertiary alicyclic amines) is 1. The highest BCUT2D eigenvalue weighted by atomic mass is 16.5. The second kappa shape index (κ2) is 7.34. The van der Waals surface area contributed by atoms with Gasteiger partial charge in [0.25, 0.3) is 0 Å². The molecule has 2 aliphatic heterocycles. The van der Waals surface area contributed by atoms with Gasteiger partial charge in [0.1, 0.15) is 11.5 Å². The summed E-state index contributed by atoms with van der Waals surface area (Å²) in [6, 6.07) is 16.1. The van der Waals surface area contributed by atoms with Crippen molar-refractivity contribution in [1.82, 2.24) is 10.2 Å². The quantitative estimate of drug-likeness (QED) is 0.776. The van der Waals surface area contributed by atoms with Crippen molar-refractivity contribution in [3.8, 4) is 11.5 Å². The number of rotatable bonds is 5. The van der Waals surface area contributed by atoms with E-state index in [0.717, 1.165) is 48.7 Å². The fourth-order valence-corrected chi connectivity index (χ4v) is 4.99. The third-order valence-electron chi connectivity index (χ3n) is 6.52. The number of carbonyl (C=O) groups is 1. The van der Waals surface area contributed by atoms with Gasteiger partial charge < -0.3 is 15.0 Å². The average molecular weight is 389 g/mol. The molecule has 2 aromatic carbocycles. The van der Waals surface area contributed by atoms with Crippen LogP contribution in [0.1, 0.15) is 37.3 Å². The summed E-state index contributed by atoms with van der Waals surface area (Å²) in [5.74, 6) is 2.59.